The summed E-state index contributed by atoms with van der Waals surface area (Å²) in [5, 5.41) is 0. The third-order valence-electron chi connectivity index (χ3n) is 0.619. The van der Waals surface area contributed by atoms with Gasteiger partial charge in [-0.05, 0) is 0 Å². The Bertz CT molecular complexity index is 103. The fraction of sp³-hybridized carbons (Fsp3) is 1.00. The second-order valence-electron chi connectivity index (χ2n) is 1.37. The Labute approximate surface area is 46.1 Å². The zero-order valence-corrected chi connectivity index (χ0v) is 5.17. The summed E-state index contributed by atoms with van der Waals surface area (Å²) in [7, 11) is -4.35. The van der Waals surface area contributed by atoms with Crippen molar-refractivity contribution in [3.63, 3.8) is 0 Å². The molecule has 0 bridgehead atoms. The van der Waals surface area contributed by atoms with E-state index >= 15 is 0 Å². The molecule has 0 aromatic rings. The van der Waals surface area contributed by atoms with Gasteiger partial charge in [-0.3, -0.25) is 0 Å². The van der Waals surface area contributed by atoms with Gasteiger partial charge in [0.1, 0.15) is 0 Å². The topological polar surface area (TPSA) is 74.8 Å². The SMILES string of the molecule is CCOP1(O)(O)OO1. The molecule has 0 radical (unpaired) electrons. The molecule has 6 heteroatoms. The van der Waals surface area contributed by atoms with E-state index in [0.29, 0.717) is 0 Å². The first-order valence-electron chi connectivity index (χ1n) is 2.11. The Kier molecular flexibility index (Phi) is 1.10. The first kappa shape index (κ1) is 6.35. The molecule has 2 N–H and O–H groups in total. The molecule has 0 spiro atoms. The Morgan fingerprint density at radius 2 is 2.00 bits per heavy atom. The molecule has 0 atom stereocenters. The Morgan fingerprint density at radius 3 is 2.12 bits per heavy atom. The molecule has 0 aromatic heterocycles. The predicted molar refractivity (Wildman–Crippen MR) is 25.2 cm³/mol. The summed E-state index contributed by atoms with van der Waals surface area (Å²) >= 11 is 0. The molecule has 0 aromatic carbocycles. The number of hydrogen-bond acceptors (Lipinski definition) is 5. The van der Waals surface area contributed by atoms with Gasteiger partial charge < -0.3 is 0 Å². The molecule has 1 fully saturated rings. The third kappa shape index (κ3) is 1.14. The van der Waals surface area contributed by atoms with Crippen LogP contribution in [0.25, 0.3) is 0 Å². The van der Waals surface area contributed by atoms with Crippen molar-refractivity contribution in [3.8, 4) is 0 Å². The normalized spacial score (nSPS) is 35.1. The average Bonchev–Trinajstić information content (AvgIpc) is 2.18. The van der Waals surface area contributed by atoms with E-state index < -0.39 is 7.74 Å². The zero-order valence-electron chi connectivity index (χ0n) is 4.27. The minimum absolute atomic E-state index is 0.158. The summed E-state index contributed by atoms with van der Waals surface area (Å²) in [6, 6.07) is 0. The Hall–Kier alpha value is 0.230. The van der Waals surface area contributed by atoms with Crippen LogP contribution in [-0.4, -0.2) is 16.4 Å². The molecule has 50 valence electrons. The number of rotatable bonds is 2. The van der Waals surface area contributed by atoms with Crippen molar-refractivity contribution < 1.29 is 23.7 Å². The summed E-state index contributed by atoms with van der Waals surface area (Å²) in [5.74, 6) is 0. The van der Waals surface area contributed by atoms with Crippen LogP contribution >= 0.6 is 7.74 Å². The third-order valence-corrected chi connectivity index (χ3v) is 1.86. The second-order valence-corrected chi connectivity index (χ2v) is 3.53. The van der Waals surface area contributed by atoms with Crippen LogP contribution in [0.5, 0.6) is 0 Å². The molecular formula is C2H7O5P. The van der Waals surface area contributed by atoms with Gasteiger partial charge in [-0.1, -0.05) is 0 Å². The monoisotopic (exact) mass is 142 g/mol. The van der Waals surface area contributed by atoms with Gasteiger partial charge in [0.25, 0.3) is 0 Å². The first-order valence-corrected chi connectivity index (χ1v) is 4.01. The van der Waals surface area contributed by atoms with E-state index in [-0.39, 0.29) is 6.61 Å². The van der Waals surface area contributed by atoms with Crippen molar-refractivity contribution in [2.45, 2.75) is 6.92 Å². The van der Waals surface area contributed by atoms with Crippen LogP contribution in [0.2, 0.25) is 0 Å². The fourth-order valence-electron chi connectivity index (χ4n) is 0.307. The van der Waals surface area contributed by atoms with E-state index in [1.165, 1.54) is 0 Å². The van der Waals surface area contributed by atoms with Crippen LogP contribution in [-0.2, 0) is 13.9 Å². The zero-order chi connectivity index (χ0) is 6.28. The van der Waals surface area contributed by atoms with Gasteiger partial charge >= 0.3 is 44.9 Å². The average molecular weight is 142 g/mol. The van der Waals surface area contributed by atoms with Crippen LogP contribution in [0.15, 0.2) is 0 Å². The van der Waals surface area contributed by atoms with Gasteiger partial charge in [-0.15, -0.1) is 0 Å². The van der Waals surface area contributed by atoms with Crippen LogP contribution in [0.4, 0.5) is 0 Å². The number of hydrogen-bond donors (Lipinski definition) is 2. The summed E-state index contributed by atoms with van der Waals surface area (Å²) in [6.45, 7) is 1.76. The maximum absolute atomic E-state index is 8.61. The maximum atomic E-state index is 8.61. The molecular weight excluding hydrogens is 135 g/mol. The van der Waals surface area contributed by atoms with Crippen molar-refractivity contribution in [2.24, 2.45) is 0 Å². The molecule has 0 aliphatic carbocycles. The van der Waals surface area contributed by atoms with Gasteiger partial charge in [0.05, 0.1) is 0 Å². The Morgan fingerprint density at radius 1 is 1.50 bits per heavy atom. The first-order chi connectivity index (χ1) is 3.55. The van der Waals surface area contributed by atoms with Gasteiger partial charge in [0, 0.05) is 0 Å². The predicted octanol–water partition coefficient (Wildman–Crippen LogP) is 0.0976. The molecule has 1 heterocycles. The van der Waals surface area contributed by atoms with Gasteiger partial charge in [-0.25, -0.2) is 0 Å². The standard InChI is InChI=1S/C2H7O5P/c1-2-5-8(3,4)6-7-8/h3-4H,2H2,1H3. The summed E-state index contributed by atoms with van der Waals surface area (Å²) in [4.78, 5) is 17.2. The van der Waals surface area contributed by atoms with Gasteiger partial charge in [0.15, 0.2) is 0 Å². The van der Waals surface area contributed by atoms with E-state index in [1.54, 1.807) is 6.92 Å². The molecule has 8 heavy (non-hydrogen) atoms. The van der Waals surface area contributed by atoms with Crippen LogP contribution in [0.1, 0.15) is 6.92 Å². The summed E-state index contributed by atoms with van der Waals surface area (Å²) in [5.41, 5.74) is 0. The second kappa shape index (κ2) is 1.39. The summed E-state index contributed by atoms with van der Waals surface area (Å²) < 4.78 is 12.0. The van der Waals surface area contributed by atoms with Crippen molar-refractivity contribution >= 4 is 7.74 Å². The molecule has 0 saturated carbocycles. The molecule has 1 saturated heterocycles. The van der Waals surface area contributed by atoms with Crippen molar-refractivity contribution in [3.05, 3.63) is 0 Å². The van der Waals surface area contributed by atoms with Gasteiger partial charge in [-0.2, -0.15) is 0 Å². The summed E-state index contributed by atoms with van der Waals surface area (Å²) in [6.07, 6.45) is 0. The van der Waals surface area contributed by atoms with Crippen LogP contribution in [0, 0.1) is 0 Å². The van der Waals surface area contributed by atoms with Crippen molar-refractivity contribution in [2.75, 3.05) is 6.61 Å². The Balaban J connectivity index is 2.42. The van der Waals surface area contributed by atoms with Crippen LogP contribution in [0.3, 0.4) is 0 Å². The van der Waals surface area contributed by atoms with E-state index in [4.69, 9.17) is 9.79 Å². The molecule has 1 aliphatic rings. The minimum atomic E-state index is -4.35. The van der Waals surface area contributed by atoms with E-state index in [2.05, 4.69) is 13.9 Å². The van der Waals surface area contributed by atoms with E-state index in [9.17, 15) is 0 Å². The molecule has 0 unspecified atom stereocenters. The molecule has 1 rings (SSSR count). The quantitative estimate of drug-likeness (QED) is 0.325. The molecule has 1 aliphatic heterocycles. The van der Waals surface area contributed by atoms with E-state index in [0.717, 1.165) is 0 Å². The van der Waals surface area contributed by atoms with E-state index in [1.807, 2.05) is 0 Å². The molecule has 0 amide bonds. The fourth-order valence-corrected chi connectivity index (χ4v) is 1.18. The molecule has 5 nitrogen and oxygen atoms in total. The van der Waals surface area contributed by atoms with Crippen molar-refractivity contribution in [1.29, 1.82) is 0 Å². The van der Waals surface area contributed by atoms with Gasteiger partial charge in [0.2, 0.25) is 0 Å². The van der Waals surface area contributed by atoms with Crippen molar-refractivity contribution in [1.82, 2.24) is 0 Å². The van der Waals surface area contributed by atoms with Crippen LogP contribution < -0.4 is 0 Å².